The molecule has 23 heavy (non-hydrogen) atoms. The van der Waals surface area contributed by atoms with Crippen LogP contribution in [0, 0.1) is 13.8 Å². The summed E-state index contributed by atoms with van der Waals surface area (Å²) in [6.07, 6.45) is 0. The van der Waals surface area contributed by atoms with E-state index < -0.39 is 0 Å². The zero-order valence-corrected chi connectivity index (χ0v) is 15.0. The Hall–Kier alpha value is -2.14. The fraction of sp³-hybridized carbons (Fsp3) is 0.222. The molecule has 5 heteroatoms. The largest absolute Gasteiger partial charge is 0.332 e. The first-order valence-electron chi connectivity index (χ1n) is 7.25. The van der Waals surface area contributed by atoms with Gasteiger partial charge < -0.3 is 10.2 Å². The molecule has 1 N–H and O–H groups in total. The fourth-order valence-corrected chi connectivity index (χ4v) is 2.68. The molecule has 0 saturated carbocycles. The standard InChI is InChI=1S/C18H19BrN2O2/c1-12-8-9-14(13(2)10-12)18(23)21(3)11-17(22)20-16-7-5-4-6-15(16)19/h4-10H,11H2,1-3H3,(H,20,22). The molecule has 0 bridgehead atoms. The van der Waals surface area contributed by atoms with Crippen molar-refractivity contribution in [2.24, 2.45) is 0 Å². The molecule has 0 unspecified atom stereocenters. The van der Waals surface area contributed by atoms with E-state index in [0.717, 1.165) is 15.6 Å². The van der Waals surface area contributed by atoms with Crippen LogP contribution in [0.5, 0.6) is 0 Å². The molecule has 0 saturated heterocycles. The number of para-hydroxylation sites is 1. The highest BCUT2D eigenvalue weighted by molar-refractivity contribution is 9.10. The summed E-state index contributed by atoms with van der Waals surface area (Å²) in [4.78, 5) is 26.0. The number of benzene rings is 2. The van der Waals surface area contributed by atoms with Crippen LogP contribution in [-0.2, 0) is 4.79 Å². The van der Waals surface area contributed by atoms with Crippen molar-refractivity contribution in [3.63, 3.8) is 0 Å². The Bertz CT molecular complexity index is 744. The lowest BCUT2D eigenvalue weighted by molar-refractivity contribution is -0.116. The average molecular weight is 375 g/mol. The first kappa shape index (κ1) is 17.2. The van der Waals surface area contributed by atoms with Crippen LogP contribution < -0.4 is 5.32 Å². The number of aryl methyl sites for hydroxylation is 2. The summed E-state index contributed by atoms with van der Waals surface area (Å²) in [5.41, 5.74) is 3.32. The van der Waals surface area contributed by atoms with Crippen LogP contribution in [0.2, 0.25) is 0 Å². The molecule has 120 valence electrons. The first-order chi connectivity index (χ1) is 10.9. The van der Waals surface area contributed by atoms with Crippen molar-refractivity contribution >= 4 is 33.4 Å². The number of likely N-dealkylation sites (N-methyl/N-ethyl adjacent to an activating group) is 1. The monoisotopic (exact) mass is 374 g/mol. The maximum Gasteiger partial charge on any atom is 0.254 e. The van der Waals surface area contributed by atoms with Crippen LogP contribution in [-0.4, -0.2) is 30.3 Å². The van der Waals surface area contributed by atoms with E-state index in [4.69, 9.17) is 0 Å². The quantitative estimate of drug-likeness (QED) is 0.884. The van der Waals surface area contributed by atoms with Crippen LogP contribution in [0.15, 0.2) is 46.9 Å². The van der Waals surface area contributed by atoms with Crippen molar-refractivity contribution in [3.8, 4) is 0 Å². The van der Waals surface area contributed by atoms with Gasteiger partial charge in [0.1, 0.15) is 0 Å². The summed E-state index contributed by atoms with van der Waals surface area (Å²) in [5.74, 6) is -0.401. The van der Waals surface area contributed by atoms with E-state index in [1.165, 1.54) is 4.90 Å². The highest BCUT2D eigenvalue weighted by Crippen LogP contribution is 2.21. The van der Waals surface area contributed by atoms with Crippen LogP contribution in [0.25, 0.3) is 0 Å². The van der Waals surface area contributed by atoms with E-state index in [0.29, 0.717) is 11.3 Å². The van der Waals surface area contributed by atoms with E-state index >= 15 is 0 Å². The van der Waals surface area contributed by atoms with Gasteiger partial charge in [-0.15, -0.1) is 0 Å². The molecule has 2 aromatic rings. The van der Waals surface area contributed by atoms with Gasteiger partial charge in [0.2, 0.25) is 5.91 Å². The SMILES string of the molecule is Cc1ccc(C(=O)N(C)CC(=O)Nc2ccccc2Br)c(C)c1. The van der Waals surface area contributed by atoms with E-state index in [1.807, 2.05) is 44.2 Å². The van der Waals surface area contributed by atoms with Crippen molar-refractivity contribution in [2.45, 2.75) is 13.8 Å². The minimum absolute atomic E-state index is 0.00646. The van der Waals surface area contributed by atoms with Gasteiger partial charge in [-0.25, -0.2) is 0 Å². The number of carbonyl (C=O) groups excluding carboxylic acids is 2. The van der Waals surface area contributed by atoms with Gasteiger partial charge in [-0.1, -0.05) is 29.8 Å². The number of nitrogens with zero attached hydrogens (tertiary/aromatic N) is 1. The smallest absolute Gasteiger partial charge is 0.254 e. The molecule has 4 nitrogen and oxygen atoms in total. The Morgan fingerprint density at radius 1 is 1.13 bits per heavy atom. The predicted octanol–water partition coefficient (Wildman–Crippen LogP) is 3.78. The molecule has 0 fully saturated rings. The number of hydrogen-bond acceptors (Lipinski definition) is 2. The molecule has 0 aliphatic rings. The molecule has 0 aliphatic heterocycles. The Labute approximate surface area is 144 Å². The normalized spacial score (nSPS) is 10.3. The van der Waals surface area contributed by atoms with Gasteiger partial charge in [-0.05, 0) is 53.5 Å². The third-order valence-corrected chi connectivity index (χ3v) is 4.18. The third-order valence-electron chi connectivity index (χ3n) is 3.49. The second-order valence-corrected chi connectivity index (χ2v) is 6.36. The van der Waals surface area contributed by atoms with Crippen molar-refractivity contribution in [1.82, 2.24) is 4.90 Å². The van der Waals surface area contributed by atoms with Crippen LogP contribution in [0.1, 0.15) is 21.5 Å². The third kappa shape index (κ3) is 4.42. The van der Waals surface area contributed by atoms with Crippen molar-refractivity contribution in [1.29, 1.82) is 0 Å². The number of hydrogen-bond donors (Lipinski definition) is 1. The van der Waals surface area contributed by atoms with Gasteiger partial charge in [0, 0.05) is 17.1 Å². The highest BCUT2D eigenvalue weighted by atomic mass is 79.9. The summed E-state index contributed by atoms with van der Waals surface area (Å²) in [5, 5.41) is 2.79. The number of rotatable bonds is 4. The minimum Gasteiger partial charge on any atom is -0.332 e. The number of anilines is 1. The van der Waals surface area contributed by atoms with Gasteiger partial charge >= 0.3 is 0 Å². The van der Waals surface area contributed by atoms with E-state index in [9.17, 15) is 9.59 Å². The molecule has 0 aliphatic carbocycles. The molecular weight excluding hydrogens is 356 g/mol. The second kappa shape index (κ2) is 7.42. The zero-order valence-electron chi connectivity index (χ0n) is 13.4. The molecule has 2 amide bonds. The lowest BCUT2D eigenvalue weighted by Gasteiger charge is -2.18. The lowest BCUT2D eigenvalue weighted by Crippen LogP contribution is -2.35. The molecule has 0 heterocycles. The minimum atomic E-state index is -0.238. The molecule has 0 atom stereocenters. The molecule has 0 radical (unpaired) electrons. The average Bonchev–Trinajstić information content (AvgIpc) is 2.49. The summed E-state index contributed by atoms with van der Waals surface area (Å²) >= 11 is 3.38. The van der Waals surface area contributed by atoms with Crippen LogP contribution in [0.4, 0.5) is 5.69 Å². The van der Waals surface area contributed by atoms with Gasteiger partial charge in [-0.2, -0.15) is 0 Å². The summed E-state index contributed by atoms with van der Waals surface area (Å²) in [6.45, 7) is 3.87. The molecule has 2 aromatic carbocycles. The summed E-state index contributed by atoms with van der Waals surface area (Å²) in [7, 11) is 1.63. The Morgan fingerprint density at radius 2 is 1.83 bits per heavy atom. The maximum atomic E-state index is 12.5. The predicted molar refractivity (Wildman–Crippen MR) is 95.6 cm³/mol. The van der Waals surface area contributed by atoms with E-state index in [1.54, 1.807) is 19.2 Å². The molecule has 2 rings (SSSR count). The van der Waals surface area contributed by atoms with Gasteiger partial charge in [0.25, 0.3) is 5.91 Å². The van der Waals surface area contributed by atoms with Gasteiger partial charge in [-0.3, -0.25) is 9.59 Å². The number of nitrogens with one attached hydrogen (secondary N) is 1. The van der Waals surface area contributed by atoms with Crippen molar-refractivity contribution in [2.75, 3.05) is 18.9 Å². The zero-order chi connectivity index (χ0) is 17.0. The summed E-state index contributed by atoms with van der Waals surface area (Å²) < 4.78 is 0.803. The molecule has 0 spiro atoms. The Kier molecular flexibility index (Phi) is 5.55. The maximum absolute atomic E-state index is 12.5. The van der Waals surface area contributed by atoms with E-state index in [-0.39, 0.29) is 18.4 Å². The number of halogens is 1. The molecular formula is C18H19BrN2O2. The number of carbonyl (C=O) groups is 2. The molecule has 0 aromatic heterocycles. The summed E-state index contributed by atoms with van der Waals surface area (Å²) in [6, 6.07) is 13.0. The van der Waals surface area contributed by atoms with E-state index in [2.05, 4.69) is 21.2 Å². The lowest BCUT2D eigenvalue weighted by atomic mass is 10.0. The Morgan fingerprint density at radius 3 is 2.48 bits per heavy atom. The topological polar surface area (TPSA) is 49.4 Å². The highest BCUT2D eigenvalue weighted by Gasteiger charge is 2.17. The first-order valence-corrected chi connectivity index (χ1v) is 8.05. The van der Waals surface area contributed by atoms with Gasteiger partial charge in [0.15, 0.2) is 0 Å². The number of amides is 2. The second-order valence-electron chi connectivity index (χ2n) is 5.51. The fourth-order valence-electron chi connectivity index (χ4n) is 2.30. The van der Waals surface area contributed by atoms with Crippen LogP contribution >= 0.6 is 15.9 Å². The van der Waals surface area contributed by atoms with Gasteiger partial charge in [0.05, 0.1) is 12.2 Å². The van der Waals surface area contributed by atoms with Crippen molar-refractivity contribution in [3.05, 3.63) is 63.6 Å². The van der Waals surface area contributed by atoms with Crippen molar-refractivity contribution < 1.29 is 9.59 Å². The van der Waals surface area contributed by atoms with Crippen LogP contribution in [0.3, 0.4) is 0 Å². The Balaban J connectivity index is 2.03.